The second kappa shape index (κ2) is 6.61. The molecule has 1 aromatic carbocycles. The van der Waals surface area contributed by atoms with Crippen LogP contribution in [0.2, 0.25) is 0 Å². The van der Waals surface area contributed by atoms with Crippen molar-refractivity contribution in [1.29, 1.82) is 0 Å². The van der Waals surface area contributed by atoms with Gasteiger partial charge >= 0.3 is 0 Å². The molecule has 2 saturated carbocycles. The number of carbonyl (C=O) groups excluding carboxylic acids is 1. The number of nitrogens with two attached hydrogens (primary N) is 1. The number of amides is 1. The third-order valence-corrected chi connectivity index (χ3v) is 5.22. The summed E-state index contributed by atoms with van der Waals surface area (Å²) in [5.74, 6) is 2.13. The van der Waals surface area contributed by atoms with Crippen LogP contribution in [0.4, 0.5) is 0 Å². The molecule has 2 aliphatic carbocycles. The van der Waals surface area contributed by atoms with Crippen molar-refractivity contribution in [2.45, 2.75) is 38.6 Å². The SMILES string of the molecule is NCCCN(Cc1ccccc1)C(=O)C1CC2CCC1C2. The van der Waals surface area contributed by atoms with Gasteiger partial charge in [0.05, 0.1) is 0 Å². The van der Waals surface area contributed by atoms with Gasteiger partial charge in [-0.1, -0.05) is 36.8 Å². The summed E-state index contributed by atoms with van der Waals surface area (Å²) < 4.78 is 0. The van der Waals surface area contributed by atoms with Crippen LogP contribution in [-0.2, 0) is 11.3 Å². The van der Waals surface area contributed by atoms with Gasteiger partial charge in [0, 0.05) is 19.0 Å². The molecule has 3 nitrogen and oxygen atoms in total. The molecule has 2 bridgehead atoms. The fourth-order valence-corrected chi connectivity index (χ4v) is 4.13. The maximum Gasteiger partial charge on any atom is 0.226 e. The molecule has 3 unspecified atom stereocenters. The van der Waals surface area contributed by atoms with E-state index in [9.17, 15) is 4.79 Å². The van der Waals surface area contributed by atoms with Crippen LogP contribution in [0.1, 0.15) is 37.7 Å². The number of carbonyl (C=O) groups is 1. The number of hydrogen-bond acceptors (Lipinski definition) is 2. The molecule has 3 heteroatoms. The summed E-state index contributed by atoms with van der Waals surface area (Å²) in [6, 6.07) is 10.3. The van der Waals surface area contributed by atoms with Gasteiger partial charge in [-0.05, 0) is 49.6 Å². The highest BCUT2D eigenvalue weighted by molar-refractivity contribution is 5.79. The van der Waals surface area contributed by atoms with Crippen molar-refractivity contribution in [3.63, 3.8) is 0 Å². The lowest BCUT2D eigenvalue weighted by atomic mass is 9.87. The Kier molecular flexibility index (Phi) is 4.59. The van der Waals surface area contributed by atoms with Crippen molar-refractivity contribution in [3.8, 4) is 0 Å². The molecule has 0 spiro atoms. The molecule has 0 aromatic heterocycles. The fraction of sp³-hybridized carbons (Fsp3) is 0.611. The molecule has 114 valence electrons. The summed E-state index contributed by atoms with van der Waals surface area (Å²) in [5.41, 5.74) is 6.86. The van der Waals surface area contributed by atoms with Crippen molar-refractivity contribution in [1.82, 2.24) is 4.90 Å². The van der Waals surface area contributed by atoms with Gasteiger partial charge in [0.2, 0.25) is 5.91 Å². The van der Waals surface area contributed by atoms with E-state index in [0.717, 1.165) is 31.8 Å². The molecular formula is C18H26N2O. The molecule has 3 atom stereocenters. The van der Waals surface area contributed by atoms with Crippen LogP contribution in [0.5, 0.6) is 0 Å². The summed E-state index contributed by atoms with van der Waals surface area (Å²) in [7, 11) is 0. The monoisotopic (exact) mass is 286 g/mol. The summed E-state index contributed by atoms with van der Waals surface area (Å²) in [6.45, 7) is 2.17. The Labute approximate surface area is 127 Å². The van der Waals surface area contributed by atoms with Gasteiger partial charge in [-0.25, -0.2) is 0 Å². The molecule has 0 radical (unpaired) electrons. The van der Waals surface area contributed by atoms with E-state index in [0.29, 0.717) is 18.4 Å². The lowest BCUT2D eigenvalue weighted by Gasteiger charge is -2.29. The molecule has 1 aromatic rings. The maximum absolute atomic E-state index is 12.9. The first-order chi connectivity index (χ1) is 10.3. The van der Waals surface area contributed by atoms with E-state index < -0.39 is 0 Å². The quantitative estimate of drug-likeness (QED) is 0.874. The number of benzene rings is 1. The summed E-state index contributed by atoms with van der Waals surface area (Å²) in [4.78, 5) is 15.0. The normalized spacial score (nSPS) is 27.0. The average molecular weight is 286 g/mol. The first-order valence-corrected chi connectivity index (χ1v) is 8.30. The van der Waals surface area contributed by atoms with Crippen LogP contribution in [0.15, 0.2) is 30.3 Å². The van der Waals surface area contributed by atoms with E-state index in [4.69, 9.17) is 5.73 Å². The minimum atomic E-state index is 0.283. The zero-order valence-electron chi connectivity index (χ0n) is 12.7. The topological polar surface area (TPSA) is 46.3 Å². The Morgan fingerprint density at radius 1 is 1.19 bits per heavy atom. The van der Waals surface area contributed by atoms with Crippen molar-refractivity contribution in [2.75, 3.05) is 13.1 Å². The van der Waals surface area contributed by atoms with Crippen LogP contribution < -0.4 is 5.73 Å². The molecule has 3 rings (SSSR count). The maximum atomic E-state index is 12.9. The van der Waals surface area contributed by atoms with E-state index in [-0.39, 0.29) is 5.92 Å². The Balaban J connectivity index is 1.68. The Hall–Kier alpha value is -1.35. The third-order valence-electron chi connectivity index (χ3n) is 5.22. The molecule has 2 fully saturated rings. The minimum absolute atomic E-state index is 0.283. The van der Waals surface area contributed by atoms with Crippen molar-refractivity contribution in [2.24, 2.45) is 23.5 Å². The Bertz CT molecular complexity index is 473. The summed E-state index contributed by atoms with van der Waals surface area (Å²) in [5, 5.41) is 0. The zero-order valence-corrected chi connectivity index (χ0v) is 12.7. The number of nitrogens with zero attached hydrogens (tertiary/aromatic N) is 1. The number of rotatable bonds is 6. The van der Waals surface area contributed by atoms with Gasteiger partial charge in [-0.2, -0.15) is 0 Å². The highest BCUT2D eigenvalue weighted by Gasteiger charge is 2.44. The van der Waals surface area contributed by atoms with Crippen LogP contribution >= 0.6 is 0 Å². The van der Waals surface area contributed by atoms with E-state index in [1.807, 2.05) is 23.1 Å². The van der Waals surface area contributed by atoms with E-state index in [1.165, 1.54) is 24.8 Å². The highest BCUT2D eigenvalue weighted by atomic mass is 16.2. The summed E-state index contributed by atoms with van der Waals surface area (Å²) in [6.07, 6.45) is 5.90. The van der Waals surface area contributed by atoms with E-state index >= 15 is 0 Å². The fourth-order valence-electron chi connectivity index (χ4n) is 4.13. The smallest absolute Gasteiger partial charge is 0.226 e. The minimum Gasteiger partial charge on any atom is -0.338 e. The largest absolute Gasteiger partial charge is 0.338 e. The lowest BCUT2D eigenvalue weighted by molar-refractivity contribution is -0.137. The van der Waals surface area contributed by atoms with E-state index in [1.54, 1.807) is 0 Å². The Morgan fingerprint density at radius 2 is 2.00 bits per heavy atom. The molecular weight excluding hydrogens is 260 g/mol. The molecule has 0 aliphatic heterocycles. The van der Waals surface area contributed by atoms with Gasteiger partial charge in [-0.15, -0.1) is 0 Å². The predicted octanol–water partition coefficient (Wildman–Crippen LogP) is 2.80. The van der Waals surface area contributed by atoms with Crippen molar-refractivity contribution in [3.05, 3.63) is 35.9 Å². The van der Waals surface area contributed by atoms with Crippen molar-refractivity contribution >= 4 is 5.91 Å². The molecule has 1 amide bonds. The number of hydrogen-bond donors (Lipinski definition) is 1. The number of fused-ring (bicyclic) bond motifs is 2. The van der Waals surface area contributed by atoms with Crippen molar-refractivity contribution < 1.29 is 4.79 Å². The first-order valence-electron chi connectivity index (χ1n) is 8.30. The molecule has 2 aliphatic rings. The van der Waals surface area contributed by atoms with Gasteiger partial charge < -0.3 is 10.6 Å². The van der Waals surface area contributed by atoms with Crippen LogP contribution in [0.25, 0.3) is 0 Å². The second-order valence-electron chi connectivity index (χ2n) is 6.67. The average Bonchev–Trinajstić information content (AvgIpc) is 3.14. The van der Waals surface area contributed by atoms with Gasteiger partial charge in [0.15, 0.2) is 0 Å². The van der Waals surface area contributed by atoms with Gasteiger partial charge in [-0.3, -0.25) is 4.79 Å². The Morgan fingerprint density at radius 3 is 2.62 bits per heavy atom. The van der Waals surface area contributed by atoms with Crippen LogP contribution in [-0.4, -0.2) is 23.9 Å². The van der Waals surface area contributed by atoms with E-state index in [2.05, 4.69) is 12.1 Å². The summed E-state index contributed by atoms with van der Waals surface area (Å²) >= 11 is 0. The van der Waals surface area contributed by atoms with Gasteiger partial charge in [0.25, 0.3) is 0 Å². The predicted molar refractivity (Wildman–Crippen MR) is 84.5 cm³/mol. The zero-order chi connectivity index (χ0) is 14.7. The third kappa shape index (κ3) is 3.29. The van der Waals surface area contributed by atoms with Crippen LogP contribution in [0.3, 0.4) is 0 Å². The molecule has 2 N–H and O–H groups in total. The standard InChI is InChI=1S/C18H26N2O/c19-9-4-10-20(13-14-5-2-1-3-6-14)18(21)17-12-15-7-8-16(17)11-15/h1-3,5-6,15-17H,4,7-13,19H2. The molecule has 21 heavy (non-hydrogen) atoms. The van der Waals surface area contributed by atoms with Crippen LogP contribution in [0, 0.1) is 17.8 Å². The molecule has 0 heterocycles. The first kappa shape index (κ1) is 14.6. The second-order valence-corrected chi connectivity index (χ2v) is 6.67. The lowest BCUT2D eigenvalue weighted by Crippen LogP contribution is -2.39. The highest BCUT2D eigenvalue weighted by Crippen LogP contribution is 2.48. The van der Waals surface area contributed by atoms with Gasteiger partial charge in [0.1, 0.15) is 0 Å². The molecule has 0 saturated heterocycles.